The number of aliphatic carboxylic acids is 1. The molecule has 1 saturated carbocycles. The van der Waals surface area contributed by atoms with E-state index in [1.165, 1.54) is 44.2 Å². The average molecular weight is 572 g/mol. The number of rotatable bonds is 6. The molecule has 3 N–H and O–H groups in total. The minimum Gasteiger partial charge on any atom is -0.478 e. The van der Waals surface area contributed by atoms with Crippen molar-refractivity contribution in [2.75, 3.05) is 35.8 Å². The lowest BCUT2D eigenvalue weighted by molar-refractivity contribution is -0.192. The first-order chi connectivity index (χ1) is 18.3. The van der Waals surface area contributed by atoms with E-state index in [2.05, 4.69) is 14.5 Å². The highest BCUT2D eigenvalue weighted by molar-refractivity contribution is 7.92. The summed E-state index contributed by atoms with van der Waals surface area (Å²) >= 11 is 0. The van der Waals surface area contributed by atoms with Gasteiger partial charge in [0.05, 0.1) is 21.8 Å². The lowest BCUT2D eigenvalue weighted by Gasteiger charge is -2.42. The van der Waals surface area contributed by atoms with Crippen LogP contribution < -0.4 is 9.62 Å². The van der Waals surface area contributed by atoms with Gasteiger partial charge >= 0.3 is 18.1 Å². The summed E-state index contributed by atoms with van der Waals surface area (Å²) in [6, 6.07) is 12.0. The van der Waals surface area contributed by atoms with Gasteiger partial charge in [-0.1, -0.05) is 31.4 Å². The topological polar surface area (TPSA) is 127 Å². The van der Waals surface area contributed by atoms with Gasteiger partial charge in [0.2, 0.25) is 0 Å². The van der Waals surface area contributed by atoms with Gasteiger partial charge in [-0.3, -0.25) is 9.62 Å². The molecule has 0 aromatic heterocycles. The van der Waals surface area contributed by atoms with E-state index in [9.17, 15) is 31.5 Å². The van der Waals surface area contributed by atoms with Crippen LogP contribution in [0.5, 0.6) is 0 Å². The van der Waals surface area contributed by atoms with Crippen LogP contribution >= 0.6 is 0 Å². The Bertz CT molecular complexity index is 1270. The van der Waals surface area contributed by atoms with Crippen molar-refractivity contribution in [3.63, 3.8) is 0 Å². The normalized spacial score (nSPS) is 17.2. The lowest BCUT2D eigenvalue weighted by atomic mass is 9.94. The number of nitrogens with one attached hydrogen (secondary N) is 1. The molecule has 39 heavy (non-hydrogen) atoms. The summed E-state index contributed by atoms with van der Waals surface area (Å²) < 4.78 is 60.5. The summed E-state index contributed by atoms with van der Waals surface area (Å²) in [5.74, 6) is -3.85. The van der Waals surface area contributed by atoms with Gasteiger partial charge in [0.15, 0.2) is 0 Å². The molecule has 0 spiro atoms. The number of carboxylic acids is 2. The van der Waals surface area contributed by atoms with Crippen LogP contribution in [0.3, 0.4) is 0 Å². The van der Waals surface area contributed by atoms with Gasteiger partial charge in [0.25, 0.3) is 10.0 Å². The molecule has 0 unspecified atom stereocenters. The molecule has 1 aliphatic heterocycles. The van der Waals surface area contributed by atoms with E-state index < -0.39 is 28.1 Å². The lowest BCUT2D eigenvalue weighted by Crippen LogP contribution is -2.51. The zero-order valence-corrected chi connectivity index (χ0v) is 22.3. The highest BCUT2D eigenvalue weighted by Gasteiger charge is 2.38. The van der Waals surface area contributed by atoms with Gasteiger partial charge in [-0.15, -0.1) is 0 Å². The Labute approximate surface area is 225 Å². The fourth-order valence-corrected chi connectivity index (χ4v) is 5.96. The largest absolute Gasteiger partial charge is 0.490 e. The number of nitrogens with zero attached hydrogens (tertiary/aromatic N) is 2. The molecule has 9 nitrogen and oxygen atoms in total. The van der Waals surface area contributed by atoms with Crippen LogP contribution in [0.15, 0.2) is 47.4 Å². The zero-order chi connectivity index (χ0) is 28.8. The molecule has 0 bridgehead atoms. The highest BCUT2D eigenvalue weighted by atomic mass is 32.2. The van der Waals surface area contributed by atoms with Crippen molar-refractivity contribution in [1.29, 1.82) is 0 Å². The molecule has 2 aliphatic rings. The predicted octanol–water partition coefficient (Wildman–Crippen LogP) is 4.58. The number of benzene rings is 2. The van der Waals surface area contributed by atoms with Crippen molar-refractivity contribution in [3.8, 4) is 0 Å². The van der Waals surface area contributed by atoms with Crippen molar-refractivity contribution >= 4 is 33.3 Å². The van der Waals surface area contributed by atoms with E-state index in [4.69, 9.17) is 9.90 Å². The Morgan fingerprint density at radius 1 is 0.949 bits per heavy atom. The van der Waals surface area contributed by atoms with Crippen LogP contribution in [-0.4, -0.2) is 73.9 Å². The first-order valence-corrected chi connectivity index (χ1v) is 14.0. The molecular formula is C26H32F3N3O6S. The van der Waals surface area contributed by atoms with Crippen molar-refractivity contribution < 1.29 is 41.4 Å². The Kier molecular flexibility index (Phi) is 9.83. The fraction of sp³-hybridized carbons (Fsp3) is 0.462. The zero-order valence-electron chi connectivity index (χ0n) is 21.4. The van der Waals surface area contributed by atoms with Crippen molar-refractivity contribution in [2.45, 2.75) is 56.1 Å². The van der Waals surface area contributed by atoms with E-state index in [0.717, 1.165) is 37.4 Å². The standard InChI is InChI=1S/C24H31N3O4S.C2HF3O2/c1-18-6-5-9-21(16-18)32(30,31)25-22-17-19(24(28)29)10-11-23(22)27-14-12-26(13-15-27)20-7-3-2-4-8-20;3-2(4,5)1(6)7/h5-6,9-11,16-17,20,25H,2-4,7-8,12-15H2,1H3,(H,28,29);(H,6,7). The molecule has 1 heterocycles. The number of sulfonamides is 1. The molecule has 0 amide bonds. The maximum atomic E-state index is 13.0. The second kappa shape index (κ2) is 12.7. The molecule has 2 fully saturated rings. The molecule has 4 rings (SSSR count). The quantitative estimate of drug-likeness (QED) is 0.460. The fourth-order valence-electron chi connectivity index (χ4n) is 4.79. The molecule has 2 aromatic rings. The van der Waals surface area contributed by atoms with Gasteiger partial charge < -0.3 is 15.1 Å². The van der Waals surface area contributed by atoms with Gasteiger partial charge in [-0.2, -0.15) is 13.2 Å². The summed E-state index contributed by atoms with van der Waals surface area (Å²) in [7, 11) is -3.85. The average Bonchev–Trinajstić information content (AvgIpc) is 2.89. The number of piperazine rings is 1. The highest BCUT2D eigenvalue weighted by Crippen LogP contribution is 2.32. The Balaban J connectivity index is 0.000000532. The summed E-state index contributed by atoms with van der Waals surface area (Å²) in [5.41, 5.74) is 1.91. The third-order valence-electron chi connectivity index (χ3n) is 6.78. The molecule has 214 valence electrons. The maximum Gasteiger partial charge on any atom is 0.490 e. The van der Waals surface area contributed by atoms with Gasteiger partial charge in [0.1, 0.15) is 0 Å². The van der Waals surface area contributed by atoms with Crippen LogP contribution in [0, 0.1) is 6.92 Å². The molecular weight excluding hydrogens is 539 g/mol. The van der Waals surface area contributed by atoms with E-state index in [-0.39, 0.29) is 10.5 Å². The van der Waals surface area contributed by atoms with E-state index in [1.807, 2.05) is 13.0 Å². The number of alkyl halides is 3. The summed E-state index contributed by atoms with van der Waals surface area (Å²) in [5, 5.41) is 16.6. The van der Waals surface area contributed by atoms with Crippen molar-refractivity contribution in [2.24, 2.45) is 0 Å². The predicted molar refractivity (Wildman–Crippen MR) is 140 cm³/mol. The molecule has 13 heteroatoms. The Hall–Kier alpha value is -3.32. The molecule has 0 atom stereocenters. The number of aryl methyl sites for hydroxylation is 1. The van der Waals surface area contributed by atoms with E-state index in [1.54, 1.807) is 24.3 Å². The van der Waals surface area contributed by atoms with Crippen molar-refractivity contribution in [1.82, 2.24) is 4.90 Å². The molecule has 0 radical (unpaired) electrons. The molecule has 1 saturated heterocycles. The third-order valence-corrected chi connectivity index (χ3v) is 8.14. The summed E-state index contributed by atoms with van der Waals surface area (Å²) in [6.07, 6.45) is 1.36. The van der Waals surface area contributed by atoms with Crippen LogP contribution in [-0.2, 0) is 14.8 Å². The number of carbonyl (C=O) groups is 2. The number of hydrogen-bond acceptors (Lipinski definition) is 6. The number of anilines is 2. The van der Waals surface area contributed by atoms with Crippen LogP contribution in [0.4, 0.5) is 24.5 Å². The Morgan fingerprint density at radius 3 is 2.10 bits per heavy atom. The van der Waals surface area contributed by atoms with Crippen molar-refractivity contribution in [3.05, 3.63) is 53.6 Å². The van der Waals surface area contributed by atoms with Gasteiger partial charge in [0, 0.05) is 32.2 Å². The van der Waals surface area contributed by atoms with E-state index in [0.29, 0.717) is 11.7 Å². The monoisotopic (exact) mass is 571 g/mol. The second-order valence-electron chi connectivity index (χ2n) is 9.58. The van der Waals surface area contributed by atoms with Gasteiger partial charge in [-0.25, -0.2) is 18.0 Å². The minimum atomic E-state index is -5.08. The second-order valence-corrected chi connectivity index (χ2v) is 11.3. The first-order valence-electron chi connectivity index (χ1n) is 12.5. The van der Waals surface area contributed by atoms with Crippen LogP contribution in [0.25, 0.3) is 0 Å². The SMILES string of the molecule is Cc1cccc(S(=O)(=O)Nc2cc(C(=O)O)ccc2N2CCN(C3CCCCC3)CC2)c1.O=C(O)C(F)(F)F. The van der Waals surface area contributed by atoms with Gasteiger partial charge in [-0.05, 0) is 55.7 Å². The number of carboxylic acid groups (broad SMARTS) is 2. The smallest absolute Gasteiger partial charge is 0.478 e. The summed E-state index contributed by atoms with van der Waals surface area (Å²) in [4.78, 5) is 25.3. The summed E-state index contributed by atoms with van der Waals surface area (Å²) in [6.45, 7) is 5.25. The molecule has 2 aromatic carbocycles. The van der Waals surface area contributed by atoms with E-state index >= 15 is 0 Å². The Morgan fingerprint density at radius 2 is 1.56 bits per heavy atom. The first kappa shape index (κ1) is 30.2. The molecule has 1 aliphatic carbocycles. The number of hydrogen-bond donors (Lipinski definition) is 3. The minimum absolute atomic E-state index is 0.0523. The van der Waals surface area contributed by atoms with Crippen LogP contribution in [0.1, 0.15) is 48.0 Å². The van der Waals surface area contributed by atoms with Crippen LogP contribution in [0.2, 0.25) is 0 Å². The number of aromatic carboxylic acids is 1. The third kappa shape index (κ3) is 8.33. The number of halogens is 3. The maximum absolute atomic E-state index is 13.0.